The fourth-order valence-electron chi connectivity index (χ4n) is 4.50. The molecule has 0 aromatic heterocycles. The second-order valence-electron chi connectivity index (χ2n) is 7.08. The maximum atomic E-state index is 11.6. The molecule has 0 radical (unpaired) electrons. The molecule has 1 aliphatic carbocycles. The molecule has 2 fully saturated rings. The zero-order valence-electron chi connectivity index (χ0n) is 13.5. The first-order valence-corrected chi connectivity index (χ1v) is 8.62. The van der Waals surface area contributed by atoms with E-state index in [0.717, 1.165) is 38.5 Å². The quantitative estimate of drug-likeness (QED) is 0.848. The first-order chi connectivity index (χ1) is 11.1. The monoisotopic (exact) mass is 315 g/mol. The number of hydrogen-bond acceptors (Lipinski definition) is 3. The van der Waals surface area contributed by atoms with Gasteiger partial charge in [-0.2, -0.15) is 0 Å². The maximum Gasteiger partial charge on any atom is 0.305 e. The van der Waals surface area contributed by atoms with Crippen LogP contribution >= 0.6 is 0 Å². The van der Waals surface area contributed by atoms with E-state index in [1.54, 1.807) is 0 Å². The topological polar surface area (TPSA) is 57.6 Å². The number of likely N-dealkylation sites (tertiary alicyclic amines) is 1. The van der Waals surface area contributed by atoms with Crippen molar-refractivity contribution < 1.29 is 14.7 Å². The standard InChI is InChI=1S/C19H25NO3/c21-14-16-12-20(13-17(16)15-7-3-1-4-8-15)19(11-18(22)23)9-5-2-6-10-19/h1,3-4,7-8,14,16-17H,2,5-6,9-13H2,(H,22,23). The van der Waals surface area contributed by atoms with Gasteiger partial charge in [0, 0.05) is 30.5 Å². The third-order valence-electron chi connectivity index (χ3n) is 5.70. The van der Waals surface area contributed by atoms with Crippen LogP contribution in [-0.4, -0.2) is 40.9 Å². The molecule has 1 aromatic carbocycles. The lowest BCUT2D eigenvalue weighted by molar-refractivity contribution is -0.141. The van der Waals surface area contributed by atoms with Crippen molar-refractivity contribution in [3.8, 4) is 0 Å². The molecular formula is C19H25NO3. The van der Waals surface area contributed by atoms with Gasteiger partial charge in [-0.15, -0.1) is 0 Å². The van der Waals surface area contributed by atoms with Gasteiger partial charge in [-0.3, -0.25) is 9.69 Å². The average Bonchev–Trinajstić information content (AvgIpc) is 3.01. The summed E-state index contributed by atoms with van der Waals surface area (Å²) in [5.74, 6) is -0.580. The molecule has 124 valence electrons. The zero-order valence-corrected chi connectivity index (χ0v) is 13.5. The first-order valence-electron chi connectivity index (χ1n) is 8.62. The summed E-state index contributed by atoms with van der Waals surface area (Å²) >= 11 is 0. The van der Waals surface area contributed by atoms with E-state index >= 15 is 0 Å². The van der Waals surface area contributed by atoms with Crippen LogP contribution in [0.2, 0.25) is 0 Å². The molecule has 1 aromatic rings. The van der Waals surface area contributed by atoms with Crippen molar-refractivity contribution in [1.29, 1.82) is 0 Å². The highest BCUT2D eigenvalue weighted by molar-refractivity contribution is 5.68. The van der Waals surface area contributed by atoms with Crippen LogP contribution in [0.25, 0.3) is 0 Å². The lowest BCUT2D eigenvalue weighted by Crippen LogP contribution is -2.50. The van der Waals surface area contributed by atoms with Crippen LogP contribution in [0.15, 0.2) is 30.3 Å². The summed E-state index contributed by atoms with van der Waals surface area (Å²) in [6.45, 7) is 1.48. The number of aliphatic carboxylic acids is 1. The number of aldehydes is 1. The third kappa shape index (κ3) is 3.32. The van der Waals surface area contributed by atoms with E-state index < -0.39 is 5.97 Å². The van der Waals surface area contributed by atoms with Crippen LogP contribution in [0.3, 0.4) is 0 Å². The lowest BCUT2D eigenvalue weighted by atomic mass is 9.78. The summed E-state index contributed by atoms with van der Waals surface area (Å²) in [5.41, 5.74) is 0.933. The highest BCUT2D eigenvalue weighted by Crippen LogP contribution is 2.43. The minimum Gasteiger partial charge on any atom is -0.481 e. The number of rotatable bonds is 5. The Morgan fingerprint density at radius 1 is 1.17 bits per heavy atom. The van der Waals surface area contributed by atoms with E-state index in [1.807, 2.05) is 18.2 Å². The fraction of sp³-hybridized carbons (Fsp3) is 0.579. The van der Waals surface area contributed by atoms with Gasteiger partial charge in [-0.05, 0) is 18.4 Å². The molecule has 2 unspecified atom stereocenters. The Balaban J connectivity index is 1.84. The van der Waals surface area contributed by atoms with Crippen LogP contribution in [0.4, 0.5) is 0 Å². The van der Waals surface area contributed by atoms with Gasteiger partial charge in [0.15, 0.2) is 0 Å². The van der Waals surface area contributed by atoms with Gasteiger partial charge in [0.2, 0.25) is 0 Å². The zero-order chi connectivity index (χ0) is 16.3. The molecular weight excluding hydrogens is 290 g/mol. The first kappa shape index (κ1) is 16.2. The van der Waals surface area contributed by atoms with Crippen LogP contribution in [-0.2, 0) is 9.59 Å². The van der Waals surface area contributed by atoms with Crippen molar-refractivity contribution in [2.75, 3.05) is 13.1 Å². The minimum absolute atomic E-state index is 0.0370. The van der Waals surface area contributed by atoms with Crippen LogP contribution in [0, 0.1) is 5.92 Å². The number of nitrogens with zero attached hydrogens (tertiary/aromatic N) is 1. The molecule has 3 rings (SSSR count). The molecule has 0 bridgehead atoms. The van der Waals surface area contributed by atoms with Gasteiger partial charge in [0.25, 0.3) is 0 Å². The third-order valence-corrected chi connectivity index (χ3v) is 5.70. The van der Waals surface area contributed by atoms with Crippen LogP contribution in [0.1, 0.15) is 50.0 Å². The van der Waals surface area contributed by atoms with E-state index in [-0.39, 0.29) is 23.8 Å². The SMILES string of the molecule is O=CC1CN(C2(CC(=O)O)CCCCC2)CC1c1ccccc1. The van der Waals surface area contributed by atoms with E-state index in [9.17, 15) is 14.7 Å². The maximum absolute atomic E-state index is 11.6. The highest BCUT2D eigenvalue weighted by atomic mass is 16.4. The molecule has 1 saturated carbocycles. The van der Waals surface area contributed by atoms with E-state index in [1.165, 1.54) is 12.0 Å². The number of hydrogen-bond donors (Lipinski definition) is 1. The Bertz CT molecular complexity index is 551. The highest BCUT2D eigenvalue weighted by Gasteiger charge is 2.46. The molecule has 2 atom stereocenters. The fourth-order valence-corrected chi connectivity index (χ4v) is 4.50. The van der Waals surface area contributed by atoms with E-state index in [4.69, 9.17) is 0 Å². The van der Waals surface area contributed by atoms with E-state index in [0.29, 0.717) is 6.54 Å². The molecule has 1 heterocycles. The van der Waals surface area contributed by atoms with E-state index in [2.05, 4.69) is 17.0 Å². The summed E-state index contributed by atoms with van der Waals surface area (Å²) in [4.78, 5) is 25.4. The van der Waals surface area contributed by atoms with Crippen LogP contribution < -0.4 is 0 Å². The Morgan fingerprint density at radius 2 is 1.87 bits per heavy atom. The molecule has 23 heavy (non-hydrogen) atoms. The molecule has 2 aliphatic rings. The van der Waals surface area contributed by atoms with Crippen LogP contribution in [0.5, 0.6) is 0 Å². The second kappa shape index (κ2) is 6.83. The van der Waals surface area contributed by atoms with Crippen molar-refractivity contribution in [3.05, 3.63) is 35.9 Å². The number of benzene rings is 1. The molecule has 0 amide bonds. The Hall–Kier alpha value is -1.68. The average molecular weight is 315 g/mol. The Kier molecular flexibility index (Phi) is 4.81. The van der Waals surface area contributed by atoms with Gasteiger partial charge in [-0.25, -0.2) is 0 Å². The van der Waals surface area contributed by atoms with Gasteiger partial charge >= 0.3 is 5.97 Å². The second-order valence-corrected chi connectivity index (χ2v) is 7.08. The smallest absolute Gasteiger partial charge is 0.305 e. The molecule has 1 saturated heterocycles. The van der Waals surface area contributed by atoms with Crippen molar-refractivity contribution in [2.45, 2.75) is 50.0 Å². The Morgan fingerprint density at radius 3 is 2.48 bits per heavy atom. The minimum atomic E-state index is -0.724. The van der Waals surface area contributed by atoms with Gasteiger partial charge in [-0.1, -0.05) is 49.6 Å². The predicted octanol–water partition coefficient (Wildman–Crippen LogP) is 3.08. The molecule has 0 spiro atoms. The van der Waals surface area contributed by atoms with Crippen molar-refractivity contribution >= 4 is 12.3 Å². The number of carboxylic acids is 1. The van der Waals surface area contributed by atoms with Gasteiger partial charge in [0.05, 0.1) is 6.42 Å². The molecule has 4 nitrogen and oxygen atoms in total. The normalized spacial score (nSPS) is 27.7. The lowest BCUT2D eigenvalue weighted by Gasteiger charge is -2.44. The number of carboxylic acid groups (broad SMARTS) is 1. The molecule has 1 aliphatic heterocycles. The largest absolute Gasteiger partial charge is 0.481 e. The summed E-state index contributed by atoms with van der Waals surface area (Å²) in [6.07, 6.45) is 6.50. The molecule has 4 heteroatoms. The summed E-state index contributed by atoms with van der Waals surface area (Å²) in [7, 11) is 0. The van der Waals surface area contributed by atoms with Crippen molar-refractivity contribution in [2.24, 2.45) is 5.92 Å². The summed E-state index contributed by atoms with van der Waals surface area (Å²) < 4.78 is 0. The summed E-state index contributed by atoms with van der Waals surface area (Å²) in [6, 6.07) is 10.2. The predicted molar refractivity (Wildman–Crippen MR) is 88.4 cm³/mol. The summed E-state index contributed by atoms with van der Waals surface area (Å²) in [5, 5.41) is 9.40. The number of carbonyl (C=O) groups excluding carboxylic acids is 1. The number of carbonyl (C=O) groups is 2. The van der Waals surface area contributed by atoms with Crippen molar-refractivity contribution in [1.82, 2.24) is 4.90 Å². The van der Waals surface area contributed by atoms with Crippen molar-refractivity contribution in [3.63, 3.8) is 0 Å². The Labute approximate surface area is 137 Å². The van der Waals surface area contributed by atoms with Gasteiger partial charge < -0.3 is 9.90 Å². The molecule has 1 N–H and O–H groups in total. The van der Waals surface area contributed by atoms with Gasteiger partial charge in [0.1, 0.15) is 6.29 Å².